The van der Waals surface area contributed by atoms with Crippen molar-refractivity contribution in [1.29, 1.82) is 0 Å². The number of hydrogen-bond donors (Lipinski definition) is 0. The third kappa shape index (κ3) is 4.71. The van der Waals surface area contributed by atoms with Crippen LogP contribution in [0.5, 0.6) is 0 Å². The molecule has 0 amide bonds. The molecule has 1 aromatic carbocycles. The smallest absolute Gasteiger partial charge is 0.133 e. The van der Waals surface area contributed by atoms with Crippen LogP contribution >= 0.6 is 8.43 Å². The van der Waals surface area contributed by atoms with Crippen molar-refractivity contribution in [2.75, 3.05) is 20.3 Å². The number of methoxy groups -OCH3 is 1. The van der Waals surface area contributed by atoms with Gasteiger partial charge in [-0.25, -0.2) is 0 Å². The lowest BCUT2D eigenvalue weighted by molar-refractivity contribution is 0.0526. The van der Waals surface area contributed by atoms with Gasteiger partial charge in [0.05, 0.1) is 27.7 Å². The van der Waals surface area contributed by atoms with E-state index in [1.807, 2.05) is 7.11 Å². The summed E-state index contributed by atoms with van der Waals surface area (Å²) in [6.45, 7) is 3.76. The Balaban J connectivity index is 1.64. The average molecular weight is 362 g/mol. The second-order valence-corrected chi connectivity index (χ2v) is 7.95. The Labute approximate surface area is 153 Å². The summed E-state index contributed by atoms with van der Waals surface area (Å²) in [6, 6.07) is 6.61. The molecule has 2 aliphatic rings. The van der Waals surface area contributed by atoms with E-state index in [1.54, 1.807) is 0 Å². The van der Waals surface area contributed by atoms with Crippen LogP contribution in [-0.4, -0.2) is 31.9 Å². The zero-order valence-corrected chi connectivity index (χ0v) is 16.5. The molecule has 0 bridgehead atoms. The van der Waals surface area contributed by atoms with Gasteiger partial charge >= 0.3 is 0 Å². The maximum atomic E-state index is 6.18. The van der Waals surface area contributed by atoms with Crippen LogP contribution in [0.1, 0.15) is 74.5 Å². The Morgan fingerprint density at radius 1 is 1.16 bits per heavy atom. The molecule has 2 unspecified atom stereocenters. The molecule has 0 saturated carbocycles. The first-order valence-corrected chi connectivity index (χ1v) is 10.6. The molecule has 0 saturated heterocycles. The van der Waals surface area contributed by atoms with Crippen LogP contribution in [0.25, 0.3) is 0 Å². The topological polar surface area (TPSA) is 27.7 Å². The van der Waals surface area contributed by atoms with Gasteiger partial charge in [0.1, 0.15) is 5.48 Å². The standard InChI is InChI=1S/C21H31O3P/c1-3-4-5-6-7-8-14-23-21-17-11-9-10-16-12-13-19(22-2)18(20(16)17)15-24-25-21/h9-11,18-19H,3-8,12-15H2,1-2H3. The third-order valence-electron chi connectivity index (χ3n) is 5.39. The van der Waals surface area contributed by atoms with Crippen molar-refractivity contribution in [3.05, 3.63) is 34.9 Å². The molecule has 4 heteroatoms. The van der Waals surface area contributed by atoms with Crippen LogP contribution in [-0.2, 0) is 20.4 Å². The van der Waals surface area contributed by atoms with Gasteiger partial charge in [-0.2, -0.15) is 0 Å². The molecular weight excluding hydrogens is 331 g/mol. The van der Waals surface area contributed by atoms with E-state index in [9.17, 15) is 0 Å². The summed E-state index contributed by atoms with van der Waals surface area (Å²) in [5.41, 5.74) is 5.08. The van der Waals surface area contributed by atoms with E-state index in [-0.39, 0.29) is 6.10 Å². The molecule has 0 aromatic heterocycles. The van der Waals surface area contributed by atoms with Gasteiger partial charge in [0.2, 0.25) is 0 Å². The molecule has 0 radical (unpaired) electrons. The number of ether oxygens (including phenoxy) is 2. The fourth-order valence-corrected chi connectivity index (χ4v) is 4.78. The average Bonchev–Trinajstić information content (AvgIpc) is 2.83. The van der Waals surface area contributed by atoms with Gasteiger partial charge < -0.3 is 14.0 Å². The minimum atomic E-state index is 0.252. The molecule has 25 heavy (non-hydrogen) atoms. The van der Waals surface area contributed by atoms with E-state index < -0.39 is 0 Å². The first-order chi connectivity index (χ1) is 12.3. The summed E-state index contributed by atoms with van der Waals surface area (Å²) in [4.78, 5) is 0. The largest absolute Gasteiger partial charge is 0.381 e. The van der Waals surface area contributed by atoms with E-state index in [2.05, 4.69) is 25.1 Å². The summed E-state index contributed by atoms with van der Waals surface area (Å²) in [7, 11) is 2.68. The van der Waals surface area contributed by atoms with Crippen LogP contribution < -0.4 is 0 Å². The van der Waals surface area contributed by atoms with Crippen molar-refractivity contribution in [2.45, 2.75) is 70.3 Å². The first kappa shape index (κ1) is 19.0. The van der Waals surface area contributed by atoms with Crippen molar-refractivity contribution < 1.29 is 14.0 Å². The maximum absolute atomic E-state index is 6.18. The molecule has 138 valence electrons. The van der Waals surface area contributed by atoms with Gasteiger partial charge in [0, 0.05) is 18.6 Å². The van der Waals surface area contributed by atoms with Gasteiger partial charge in [-0.15, -0.1) is 0 Å². The van der Waals surface area contributed by atoms with Crippen LogP contribution in [0.15, 0.2) is 18.2 Å². The number of unbranched alkanes of at least 4 members (excludes halogenated alkanes) is 5. The Hall–Kier alpha value is -0.730. The van der Waals surface area contributed by atoms with E-state index in [0.717, 1.165) is 39.8 Å². The number of rotatable bonds is 9. The normalized spacial score (nSPS) is 22.9. The lowest BCUT2D eigenvalue weighted by Gasteiger charge is -2.32. The summed E-state index contributed by atoms with van der Waals surface area (Å²) in [5.74, 6) is 0.326. The summed E-state index contributed by atoms with van der Waals surface area (Å²) < 4.78 is 17.9. The predicted molar refractivity (Wildman–Crippen MR) is 105 cm³/mol. The van der Waals surface area contributed by atoms with Crippen molar-refractivity contribution in [3.8, 4) is 0 Å². The van der Waals surface area contributed by atoms with Gasteiger partial charge in [0.25, 0.3) is 0 Å². The van der Waals surface area contributed by atoms with Gasteiger partial charge in [-0.3, -0.25) is 0 Å². The number of hydrogen-bond acceptors (Lipinski definition) is 3. The minimum absolute atomic E-state index is 0.252. The van der Waals surface area contributed by atoms with E-state index in [4.69, 9.17) is 14.0 Å². The van der Waals surface area contributed by atoms with Crippen LogP contribution in [0.3, 0.4) is 0 Å². The molecule has 0 spiro atoms. The third-order valence-corrected chi connectivity index (χ3v) is 6.20. The zero-order chi connectivity index (χ0) is 17.5. The summed E-state index contributed by atoms with van der Waals surface area (Å²) >= 11 is 0. The van der Waals surface area contributed by atoms with Gasteiger partial charge in [0.15, 0.2) is 0 Å². The fraction of sp³-hybridized carbons (Fsp3) is 0.667. The van der Waals surface area contributed by atoms with Crippen molar-refractivity contribution in [3.63, 3.8) is 0 Å². The Morgan fingerprint density at radius 3 is 2.84 bits per heavy atom. The molecule has 2 atom stereocenters. The molecule has 1 aliphatic carbocycles. The van der Waals surface area contributed by atoms with Crippen molar-refractivity contribution in [1.82, 2.24) is 0 Å². The molecule has 1 heterocycles. The highest BCUT2D eigenvalue weighted by atomic mass is 31.1. The second kappa shape index (κ2) is 9.83. The molecule has 1 aliphatic heterocycles. The molecule has 3 rings (SSSR count). The highest BCUT2D eigenvalue weighted by Gasteiger charge is 2.34. The van der Waals surface area contributed by atoms with E-state index >= 15 is 0 Å². The first-order valence-electron chi connectivity index (χ1n) is 9.82. The van der Waals surface area contributed by atoms with Crippen molar-refractivity contribution >= 4 is 13.9 Å². The fourth-order valence-electron chi connectivity index (χ4n) is 3.99. The van der Waals surface area contributed by atoms with Crippen LogP contribution in [0.2, 0.25) is 0 Å². The predicted octanol–water partition coefficient (Wildman–Crippen LogP) is 5.48. The molecule has 3 nitrogen and oxygen atoms in total. The zero-order valence-electron chi connectivity index (χ0n) is 15.6. The summed E-state index contributed by atoms with van der Waals surface area (Å²) in [6.07, 6.45) is 10.1. The lowest BCUT2D eigenvalue weighted by Crippen LogP contribution is -2.30. The molecular formula is C21H31O3P. The van der Waals surface area contributed by atoms with E-state index in [1.165, 1.54) is 48.8 Å². The highest BCUT2D eigenvalue weighted by Crippen LogP contribution is 2.39. The quantitative estimate of drug-likeness (QED) is 0.430. The van der Waals surface area contributed by atoms with Crippen LogP contribution in [0, 0.1) is 0 Å². The molecule has 1 aromatic rings. The van der Waals surface area contributed by atoms with Crippen molar-refractivity contribution in [2.24, 2.45) is 0 Å². The SMILES string of the molecule is CCCCCCCCOC1=POCC2c3c(cccc31)CCC2OC. The minimum Gasteiger partial charge on any atom is -0.381 e. The Morgan fingerprint density at radius 2 is 2.00 bits per heavy atom. The highest BCUT2D eigenvalue weighted by molar-refractivity contribution is 7.35. The molecule has 0 fully saturated rings. The second-order valence-electron chi connectivity index (χ2n) is 7.11. The Bertz CT molecular complexity index is 585. The van der Waals surface area contributed by atoms with Gasteiger partial charge in [-0.1, -0.05) is 57.2 Å². The monoisotopic (exact) mass is 362 g/mol. The van der Waals surface area contributed by atoms with Crippen LogP contribution in [0.4, 0.5) is 0 Å². The number of aryl methyl sites for hydroxylation is 1. The van der Waals surface area contributed by atoms with Gasteiger partial charge in [-0.05, 0) is 30.4 Å². The lowest BCUT2D eigenvalue weighted by atomic mass is 9.78. The summed E-state index contributed by atoms with van der Waals surface area (Å²) in [5, 5.41) is 0. The Kier molecular flexibility index (Phi) is 7.49. The maximum Gasteiger partial charge on any atom is 0.133 e. The van der Waals surface area contributed by atoms with E-state index in [0.29, 0.717) is 12.5 Å². The number of benzene rings is 1. The molecule has 0 N–H and O–H groups in total.